The number of carboxylic acids is 1. The summed E-state index contributed by atoms with van der Waals surface area (Å²) in [4.78, 5) is 78.6. The second kappa shape index (κ2) is 17.8. The quantitative estimate of drug-likeness (QED) is 0.124. The first-order valence-electron chi connectivity index (χ1n) is 21.0. The zero-order valence-corrected chi connectivity index (χ0v) is 35.6. The number of alkyl carbamates (subject to hydrolysis) is 1. The molecule has 4 fully saturated rings. The number of anilines is 1. The lowest BCUT2D eigenvalue weighted by Crippen LogP contribution is -2.58. The molecule has 1 saturated heterocycles. The number of carbonyl (C=O) groups excluding carboxylic acids is 4. The topological polar surface area (TPSA) is 198 Å². The van der Waals surface area contributed by atoms with Gasteiger partial charge in [0.2, 0.25) is 17.7 Å². The summed E-state index contributed by atoms with van der Waals surface area (Å²) in [5.41, 5.74) is -0.205. The SMILES string of the molecule is C=C[C@@H]1C[C@]1(NC(=O)[C@@H]1C[C@@H](Oc2cc(-c3csc(NC(=O)CC(C)(C)C)n3)nc3cc(OC)ccc23)CN1C(=O)C(NC(=O)OC1CCCC1)C1CCCCC1)C(=O)O. The highest BCUT2D eigenvalue weighted by molar-refractivity contribution is 7.14. The fraction of sp³-hybridized carbons (Fsp3) is 0.568. The molecule has 3 aromatic rings. The van der Waals surface area contributed by atoms with Crippen molar-refractivity contribution in [2.75, 3.05) is 19.0 Å². The van der Waals surface area contributed by atoms with E-state index in [2.05, 4.69) is 27.5 Å². The van der Waals surface area contributed by atoms with Gasteiger partial charge in [-0.15, -0.1) is 17.9 Å². The zero-order valence-electron chi connectivity index (χ0n) is 34.8. The highest BCUT2D eigenvalue weighted by atomic mass is 32.1. The van der Waals surface area contributed by atoms with Gasteiger partial charge in [0.15, 0.2) is 5.13 Å². The molecule has 4 N–H and O–H groups in total. The molecule has 322 valence electrons. The van der Waals surface area contributed by atoms with Crippen molar-refractivity contribution in [3.8, 4) is 22.9 Å². The number of amides is 4. The maximum absolute atomic E-state index is 14.9. The zero-order chi connectivity index (χ0) is 42.8. The van der Waals surface area contributed by atoms with Gasteiger partial charge in [0.05, 0.1) is 24.9 Å². The minimum atomic E-state index is -1.52. The number of ether oxygens (including phenoxy) is 3. The first-order chi connectivity index (χ1) is 28.7. The van der Waals surface area contributed by atoms with Crippen LogP contribution in [0.5, 0.6) is 11.5 Å². The summed E-state index contributed by atoms with van der Waals surface area (Å²) < 4.78 is 18.0. The number of pyridine rings is 1. The predicted molar refractivity (Wildman–Crippen MR) is 226 cm³/mol. The highest BCUT2D eigenvalue weighted by Gasteiger charge is 2.61. The lowest BCUT2D eigenvalue weighted by Gasteiger charge is -2.34. The van der Waals surface area contributed by atoms with Gasteiger partial charge >= 0.3 is 12.1 Å². The van der Waals surface area contributed by atoms with E-state index in [4.69, 9.17) is 19.2 Å². The first kappa shape index (κ1) is 42.9. The molecule has 0 bridgehead atoms. The van der Waals surface area contributed by atoms with Crippen molar-refractivity contribution >= 4 is 57.2 Å². The molecule has 5 atom stereocenters. The summed E-state index contributed by atoms with van der Waals surface area (Å²) in [7, 11) is 1.56. The number of carboxylic acid groups (broad SMARTS) is 1. The van der Waals surface area contributed by atoms with E-state index < -0.39 is 53.5 Å². The number of carbonyl (C=O) groups is 5. The lowest BCUT2D eigenvalue weighted by atomic mass is 9.83. The van der Waals surface area contributed by atoms with Crippen molar-refractivity contribution in [1.82, 2.24) is 25.5 Å². The van der Waals surface area contributed by atoms with Crippen LogP contribution < -0.4 is 25.4 Å². The Bertz CT molecular complexity index is 2120. The molecule has 3 saturated carbocycles. The van der Waals surface area contributed by atoms with Gasteiger partial charge in [-0.1, -0.05) is 46.1 Å². The Hall–Kier alpha value is -5.25. The normalized spacial score (nSPS) is 23.7. The Morgan fingerprint density at radius 1 is 1.02 bits per heavy atom. The van der Waals surface area contributed by atoms with Crippen LogP contribution in [0, 0.1) is 17.3 Å². The highest BCUT2D eigenvalue weighted by Crippen LogP contribution is 2.45. The van der Waals surface area contributed by atoms with Gasteiger partial charge in [-0.25, -0.2) is 19.6 Å². The number of aromatic nitrogens is 2. The average molecular weight is 845 g/mol. The van der Waals surface area contributed by atoms with E-state index in [-0.39, 0.29) is 42.7 Å². The number of fused-ring (bicyclic) bond motifs is 1. The number of likely N-dealkylation sites (tertiary alicyclic amines) is 1. The summed E-state index contributed by atoms with van der Waals surface area (Å²) >= 11 is 1.27. The fourth-order valence-corrected chi connectivity index (χ4v) is 9.57. The third kappa shape index (κ3) is 9.69. The Morgan fingerprint density at radius 3 is 2.42 bits per heavy atom. The Balaban J connectivity index is 1.19. The number of nitrogens with zero attached hydrogens (tertiary/aromatic N) is 3. The minimum absolute atomic E-state index is 0.0135. The molecule has 3 heterocycles. The summed E-state index contributed by atoms with van der Waals surface area (Å²) in [5.74, 6) is -2.03. The van der Waals surface area contributed by atoms with Crippen LogP contribution in [0.4, 0.5) is 9.93 Å². The van der Waals surface area contributed by atoms with Crippen LogP contribution in [0.2, 0.25) is 0 Å². The van der Waals surface area contributed by atoms with Crippen LogP contribution >= 0.6 is 11.3 Å². The van der Waals surface area contributed by atoms with Crippen LogP contribution in [0.1, 0.15) is 97.8 Å². The van der Waals surface area contributed by atoms with Crippen LogP contribution in [0.3, 0.4) is 0 Å². The Kier molecular flexibility index (Phi) is 12.7. The van der Waals surface area contributed by atoms with Crippen molar-refractivity contribution in [1.29, 1.82) is 0 Å². The summed E-state index contributed by atoms with van der Waals surface area (Å²) in [6.45, 7) is 9.70. The molecule has 4 aliphatic rings. The molecule has 16 heteroatoms. The largest absolute Gasteiger partial charge is 0.497 e. The van der Waals surface area contributed by atoms with Crippen LogP contribution in [-0.4, -0.2) is 93.2 Å². The standard InChI is InChI=1S/C44H56N6O9S/c1-6-26-21-44(26,40(54)55)49-38(52)34-19-29(23-50(34)39(53)37(25-12-8-7-9-13-25)48-42(56)59-27-14-10-11-15-27)58-35-20-32(45-31-18-28(57-5)16-17-30(31)35)33-24-60-41(46-33)47-36(51)22-43(2,3)4/h6,16-18,20,24-27,29,34,37H,1,7-15,19,21-23H2,2-5H3,(H,48,56)(H,49,52)(H,54,55)(H,46,47,51)/t26-,29-,34+,37?,44-/m1/s1. The molecule has 7 rings (SSSR count). The fourth-order valence-electron chi connectivity index (χ4n) is 8.85. The van der Waals surface area contributed by atoms with E-state index in [1.165, 1.54) is 22.3 Å². The first-order valence-corrected chi connectivity index (χ1v) is 21.9. The minimum Gasteiger partial charge on any atom is -0.497 e. The van der Waals surface area contributed by atoms with Crippen molar-refractivity contribution in [3.05, 3.63) is 42.3 Å². The molecule has 60 heavy (non-hydrogen) atoms. The maximum atomic E-state index is 14.9. The second-order valence-corrected chi connectivity index (χ2v) is 18.7. The van der Waals surface area contributed by atoms with E-state index in [1.807, 2.05) is 26.8 Å². The number of benzene rings is 1. The Morgan fingerprint density at radius 2 is 1.75 bits per heavy atom. The van der Waals surface area contributed by atoms with E-state index in [1.54, 1.807) is 30.7 Å². The Labute approximate surface area is 354 Å². The monoisotopic (exact) mass is 844 g/mol. The number of aliphatic carboxylic acids is 1. The number of rotatable bonds is 14. The third-order valence-corrected chi connectivity index (χ3v) is 12.8. The molecule has 4 amide bonds. The molecule has 2 aromatic heterocycles. The van der Waals surface area contributed by atoms with Gasteiger partial charge in [-0.05, 0) is 68.4 Å². The average Bonchev–Trinajstić information content (AvgIpc) is 3.62. The number of hydrogen-bond donors (Lipinski definition) is 4. The van der Waals surface area contributed by atoms with E-state index >= 15 is 0 Å². The molecule has 1 unspecified atom stereocenters. The van der Waals surface area contributed by atoms with Gasteiger partial charge < -0.3 is 40.2 Å². The third-order valence-electron chi connectivity index (χ3n) is 12.1. The molecule has 3 aliphatic carbocycles. The molecular weight excluding hydrogens is 789 g/mol. The van der Waals surface area contributed by atoms with Gasteiger partial charge in [-0.3, -0.25) is 14.4 Å². The van der Waals surface area contributed by atoms with Crippen molar-refractivity contribution in [2.45, 2.75) is 128 Å². The summed E-state index contributed by atoms with van der Waals surface area (Å²) in [5, 5.41) is 21.6. The number of nitrogens with one attached hydrogen (secondary N) is 3. The number of thiazole rings is 1. The van der Waals surface area contributed by atoms with E-state index in [9.17, 15) is 29.1 Å². The van der Waals surface area contributed by atoms with Crippen LogP contribution in [0.15, 0.2) is 42.3 Å². The second-order valence-electron chi connectivity index (χ2n) is 17.8. The smallest absolute Gasteiger partial charge is 0.408 e. The van der Waals surface area contributed by atoms with Gasteiger partial charge in [0, 0.05) is 41.7 Å². The summed E-state index contributed by atoms with van der Waals surface area (Å²) in [6, 6.07) is 5.06. The molecule has 15 nitrogen and oxygen atoms in total. The molecule has 1 aliphatic heterocycles. The molecule has 0 radical (unpaired) electrons. The van der Waals surface area contributed by atoms with Crippen molar-refractivity contribution in [3.63, 3.8) is 0 Å². The summed E-state index contributed by atoms with van der Waals surface area (Å²) in [6.07, 6.45) is 8.26. The van der Waals surface area contributed by atoms with Crippen molar-refractivity contribution < 1.29 is 43.3 Å². The van der Waals surface area contributed by atoms with Crippen LogP contribution in [0.25, 0.3) is 22.3 Å². The van der Waals surface area contributed by atoms with E-state index in [0.29, 0.717) is 45.3 Å². The molecule has 0 spiro atoms. The maximum Gasteiger partial charge on any atom is 0.408 e. The van der Waals surface area contributed by atoms with Crippen molar-refractivity contribution in [2.24, 2.45) is 17.3 Å². The van der Waals surface area contributed by atoms with Gasteiger partial charge in [-0.2, -0.15) is 0 Å². The van der Waals surface area contributed by atoms with Gasteiger partial charge in [0.25, 0.3) is 0 Å². The molecule has 1 aromatic carbocycles. The number of hydrogen-bond acceptors (Lipinski definition) is 11. The van der Waals surface area contributed by atoms with E-state index in [0.717, 1.165) is 57.8 Å². The molecular formula is C44H56N6O9S. The van der Waals surface area contributed by atoms with Crippen LogP contribution in [-0.2, 0) is 23.9 Å². The number of methoxy groups -OCH3 is 1. The lowest BCUT2D eigenvalue weighted by molar-refractivity contribution is -0.146. The predicted octanol–water partition coefficient (Wildman–Crippen LogP) is 6.85. The van der Waals surface area contributed by atoms with Gasteiger partial charge in [0.1, 0.15) is 47.0 Å².